The summed E-state index contributed by atoms with van der Waals surface area (Å²) in [6, 6.07) is 40.9. The van der Waals surface area contributed by atoms with Crippen LogP contribution in [0.1, 0.15) is 0 Å². The van der Waals surface area contributed by atoms with Crippen LogP contribution in [0, 0.1) is 0 Å². The van der Waals surface area contributed by atoms with E-state index in [1.165, 1.54) is 11.1 Å². The van der Waals surface area contributed by atoms with Gasteiger partial charge in [-0.3, -0.25) is 0 Å². The average molecular weight is 460 g/mol. The molecule has 3 nitrogen and oxygen atoms in total. The van der Waals surface area contributed by atoms with Crippen LogP contribution >= 0.6 is 0 Å². The van der Waals surface area contributed by atoms with Crippen LogP contribution in [-0.4, -0.2) is 8.42 Å². The van der Waals surface area contributed by atoms with Crippen LogP contribution in [0.15, 0.2) is 137 Å². The van der Waals surface area contributed by atoms with Gasteiger partial charge in [0.25, 0.3) is 0 Å². The molecule has 0 amide bonds. The van der Waals surface area contributed by atoms with Crippen molar-refractivity contribution in [1.82, 2.24) is 0 Å². The SMILES string of the molecule is O=S(=O)(c1ccccc1)c1ccc(N2c3ccccc3-c3ccccc3-c3ccccc32)cc1. The average Bonchev–Trinajstić information content (AvgIpc) is 3.02. The summed E-state index contributed by atoms with van der Waals surface area (Å²) in [7, 11) is -3.58. The highest BCUT2D eigenvalue weighted by Gasteiger charge is 2.26. The number of para-hydroxylation sites is 2. The lowest BCUT2D eigenvalue weighted by Crippen LogP contribution is -2.11. The minimum absolute atomic E-state index is 0.280. The third kappa shape index (κ3) is 3.23. The fourth-order valence-electron chi connectivity index (χ4n) is 4.66. The fraction of sp³-hybridized carbons (Fsp3) is 0. The highest BCUT2D eigenvalue weighted by Crippen LogP contribution is 2.50. The second kappa shape index (κ2) is 8.01. The van der Waals surface area contributed by atoms with E-state index in [-0.39, 0.29) is 4.90 Å². The maximum absolute atomic E-state index is 13.1. The van der Waals surface area contributed by atoms with Gasteiger partial charge in [-0.2, -0.15) is 0 Å². The Bertz CT molecular complexity index is 1540. The molecule has 0 radical (unpaired) electrons. The molecule has 0 unspecified atom stereocenters. The topological polar surface area (TPSA) is 37.4 Å². The maximum atomic E-state index is 13.1. The van der Waals surface area contributed by atoms with E-state index in [1.54, 1.807) is 36.4 Å². The maximum Gasteiger partial charge on any atom is 0.206 e. The monoisotopic (exact) mass is 459 g/mol. The Morgan fingerprint density at radius 2 is 0.824 bits per heavy atom. The Kier molecular flexibility index (Phi) is 4.82. The lowest BCUT2D eigenvalue weighted by molar-refractivity contribution is 0.596. The molecule has 0 N–H and O–H groups in total. The molecular weight excluding hydrogens is 438 g/mol. The molecule has 6 rings (SSSR count). The second-order valence-corrected chi connectivity index (χ2v) is 10.2. The molecule has 5 aromatic carbocycles. The van der Waals surface area contributed by atoms with Gasteiger partial charge in [0.15, 0.2) is 0 Å². The lowest BCUT2D eigenvalue weighted by Gasteiger charge is -2.27. The fourth-order valence-corrected chi connectivity index (χ4v) is 5.95. The van der Waals surface area contributed by atoms with Crippen LogP contribution in [0.25, 0.3) is 22.3 Å². The van der Waals surface area contributed by atoms with Gasteiger partial charge in [0.2, 0.25) is 9.84 Å². The lowest BCUT2D eigenvalue weighted by atomic mass is 9.95. The van der Waals surface area contributed by atoms with Crippen molar-refractivity contribution in [1.29, 1.82) is 0 Å². The first-order valence-electron chi connectivity index (χ1n) is 11.1. The van der Waals surface area contributed by atoms with E-state index in [2.05, 4.69) is 65.6 Å². The summed E-state index contributed by atoms with van der Waals surface area (Å²) in [5, 5.41) is 0. The van der Waals surface area contributed by atoms with Crippen molar-refractivity contribution in [3.63, 3.8) is 0 Å². The van der Waals surface area contributed by atoms with Crippen molar-refractivity contribution in [3.8, 4) is 22.3 Å². The molecule has 164 valence electrons. The standard InChI is InChI=1S/C30H21NO2S/c32-34(33,23-10-2-1-3-11-23)24-20-18-22(19-21-24)31-29-16-8-6-14-27(29)25-12-4-5-13-26(25)28-15-7-9-17-30(28)31/h1-21H. The van der Waals surface area contributed by atoms with Crippen molar-refractivity contribution < 1.29 is 8.42 Å². The number of nitrogens with zero attached hydrogens (tertiary/aromatic N) is 1. The molecule has 0 saturated carbocycles. The zero-order chi connectivity index (χ0) is 23.1. The summed E-state index contributed by atoms with van der Waals surface area (Å²) < 4.78 is 26.2. The number of hydrogen-bond acceptors (Lipinski definition) is 3. The molecule has 5 aromatic rings. The van der Waals surface area contributed by atoms with Crippen LogP contribution in [-0.2, 0) is 9.84 Å². The molecule has 0 spiro atoms. The van der Waals surface area contributed by atoms with Gasteiger partial charge in [0.1, 0.15) is 0 Å². The normalized spacial score (nSPS) is 12.3. The Hall–Kier alpha value is -4.15. The largest absolute Gasteiger partial charge is 0.309 e. The zero-order valence-electron chi connectivity index (χ0n) is 18.3. The Balaban J connectivity index is 1.54. The molecule has 0 aliphatic carbocycles. The summed E-state index contributed by atoms with van der Waals surface area (Å²) in [4.78, 5) is 2.79. The van der Waals surface area contributed by atoms with Crippen LogP contribution < -0.4 is 4.90 Å². The summed E-state index contributed by atoms with van der Waals surface area (Å²) in [6.45, 7) is 0. The van der Waals surface area contributed by atoms with Gasteiger partial charge in [-0.05, 0) is 59.7 Å². The van der Waals surface area contributed by atoms with Crippen LogP contribution in [0.2, 0.25) is 0 Å². The number of rotatable bonds is 3. The Morgan fingerprint density at radius 3 is 1.35 bits per heavy atom. The summed E-state index contributed by atoms with van der Waals surface area (Å²) in [5.41, 5.74) is 7.63. The second-order valence-electron chi connectivity index (χ2n) is 8.23. The third-order valence-electron chi connectivity index (χ3n) is 6.26. The first-order valence-corrected chi connectivity index (χ1v) is 12.6. The third-order valence-corrected chi connectivity index (χ3v) is 8.04. The van der Waals surface area contributed by atoms with E-state index in [4.69, 9.17) is 0 Å². The van der Waals surface area contributed by atoms with E-state index in [0.29, 0.717) is 4.90 Å². The van der Waals surface area contributed by atoms with Gasteiger partial charge in [0, 0.05) is 16.8 Å². The highest BCUT2D eigenvalue weighted by molar-refractivity contribution is 7.91. The van der Waals surface area contributed by atoms with Gasteiger partial charge in [-0.25, -0.2) is 8.42 Å². The molecule has 0 aromatic heterocycles. The molecule has 34 heavy (non-hydrogen) atoms. The molecule has 0 saturated heterocycles. The van der Waals surface area contributed by atoms with Crippen molar-refractivity contribution in [3.05, 3.63) is 127 Å². The first kappa shape index (κ1) is 20.5. The van der Waals surface area contributed by atoms with E-state index >= 15 is 0 Å². The molecule has 0 bridgehead atoms. The van der Waals surface area contributed by atoms with Gasteiger partial charge in [-0.1, -0.05) is 78.9 Å². The van der Waals surface area contributed by atoms with Crippen molar-refractivity contribution in [2.45, 2.75) is 9.79 Å². The molecule has 0 atom stereocenters. The summed E-state index contributed by atoms with van der Waals surface area (Å²) >= 11 is 0. The van der Waals surface area contributed by atoms with E-state index < -0.39 is 9.84 Å². The summed E-state index contributed by atoms with van der Waals surface area (Å²) in [5.74, 6) is 0. The minimum Gasteiger partial charge on any atom is -0.309 e. The number of anilines is 3. The predicted octanol–water partition coefficient (Wildman–Crippen LogP) is 7.64. The smallest absolute Gasteiger partial charge is 0.206 e. The molecule has 1 aliphatic rings. The van der Waals surface area contributed by atoms with E-state index in [1.807, 2.05) is 30.3 Å². The molecular formula is C30H21NO2S. The molecule has 0 fully saturated rings. The summed E-state index contributed by atoms with van der Waals surface area (Å²) in [6.07, 6.45) is 0. The van der Waals surface area contributed by atoms with E-state index in [9.17, 15) is 8.42 Å². The van der Waals surface area contributed by atoms with Crippen LogP contribution in [0.3, 0.4) is 0 Å². The van der Waals surface area contributed by atoms with Crippen LogP contribution in [0.4, 0.5) is 17.1 Å². The number of fused-ring (bicyclic) bond motifs is 5. The van der Waals surface area contributed by atoms with Gasteiger partial charge in [0.05, 0.1) is 21.2 Å². The van der Waals surface area contributed by atoms with Gasteiger partial charge < -0.3 is 4.90 Å². The zero-order valence-corrected chi connectivity index (χ0v) is 19.1. The molecule has 1 heterocycles. The van der Waals surface area contributed by atoms with Crippen LogP contribution in [0.5, 0.6) is 0 Å². The van der Waals surface area contributed by atoms with Gasteiger partial charge >= 0.3 is 0 Å². The Morgan fingerprint density at radius 1 is 0.412 bits per heavy atom. The first-order chi connectivity index (χ1) is 16.6. The minimum atomic E-state index is -3.58. The molecule has 1 aliphatic heterocycles. The quantitative estimate of drug-likeness (QED) is 0.273. The number of benzene rings is 5. The van der Waals surface area contributed by atoms with Crippen molar-refractivity contribution in [2.24, 2.45) is 0 Å². The Labute approximate surface area is 199 Å². The van der Waals surface area contributed by atoms with Crippen molar-refractivity contribution >= 4 is 26.9 Å². The van der Waals surface area contributed by atoms with Crippen molar-refractivity contribution in [2.75, 3.05) is 4.90 Å². The predicted molar refractivity (Wildman–Crippen MR) is 137 cm³/mol. The van der Waals surface area contributed by atoms with E-state index in [0.717, 1.165) is 28.2 Å². The number of sulfone groups is 1. The molecule has 4 heteroatoms. The van der Waals surface area contributed by atoms with Gasteiger partial charge in [-0.15, -0.1) is 0 Å². The number of hydrogen-bond donors (Lipinski definition) is 0. The highest BCUT2D eigenvalue weighted by atomic mass is 32.2.